The van der Waals surface area contributed by atoms with Crippen LogP contribution >= 0.6 is 0 Å². The maximum absolute atomic E-state index is 5.73. The first-order chi connectivity index (χ1) is 9.48. The van der Waals surface area contributed by atoms with Crippen molar-refractivity contribution in [3.05, 3.63) is 35.7 Å². The number of hydrogen-bond donors (Lipinski definition) is 1. The van der Waals surface area contributed by atoms with Crippen LogP contribution in [0.3, 0.4) is 0 Å². The lowest BCUT2D eigenvalue weighted by Crippen LogP contribution is -2.24. The van der Waals surface area contributed by atoms with Crippen LogP contribution in [0.25, 0.3) is 0 Å². The zero-order chi connectivity index (χ0) is 14.8. The molecule has 0 saturated heterocycles. The van der Waals surface area contributed by atoms with Crippen molar-refractivity contribution in [2.45, 2.75) is 33.1 Å². The molecule has 0 aliphatic heterocycles. The first kappa shape index (κ1) is 14.4. The highest BCUT2D eigenvalue weighted by molar-refractivity contribution is 5.43. The minimum atomic E-state index is -0.341. The van der Waals surface area contributed by atoms with Gasteiger partial charge in [0, 0.05) is 18.8 Å². The summed E-state index contributed by atoms with van der Waals surface area (Å²) in [4.78, 5) is 6.60. The van der Waals surface area contributed by atoms with Gasteiger partial charge >= 0.3 is 0 Å². The van der Waals surface area contributed by atoms with Gasteiger partial charge in [-0.3, -0.25) is 0 Å². The van der Waals surface area contributed by atoms with Crippen LogP contribution in [0.1, 0.15) is 39.1 Å². The zero-order valence-corrected chi connectivity index (χ0v) is 12.6. The zero-order valence-electron chi connectivity index (χ0n) is 12.6. The number of rotatable bonds is 5. The predicted octanol–water partition coefficient (Wildman–Crippen LogP) is 2.82. The molecule has 20 heavy (non-hydrogen) atoms. The van der Waals surface area contributed by atoms with Crippen LogP contribution in [0.4, 0.5) is 11.6 Å². The van der Waals surface area contributed by atoms with Crippen molar-refractivity contribution >= 4 is 11.6 Å². The summed E-state index contributed by atoms with van der Waals surface area (Å²) >= 11 is 0. The Morgan fingerprint density at radius 2 is 1.75 bits per heavy atom. The average Bonchev–Trinajstić information content (AvgIpc) is 2.91. The molecule has 5 nitrogen and oxygen atoms in total. The SMILES string of the molecule is CCN(CC)c1noc(C(C)(C)c2ccc(N)cc2)n1. The van der Waals surface area contributed by atoms with Gasteiger partial charge in [-0.15, -0.1) is 0 Å². The van der Waals surface area contributed by atoms with E-state index in [9.17, 15) is 0 Å². The lowest BCUT2D eigenvalue weighted by atomic mass is 9.84. The molecule has 0 aliphatic rings. The van der Waals surface area contributed by atoms with Crippen LogP contribution in [-0.2, 0) is 5.41 Å². The molecule has 0 atom stereocenters. The fourth-order valence-electron chi connectivity index (χ4n) is 2.13. The molecule has 2 rings (SSSR count). The third-order valence-electron chi connectivity index (χ3n) is 3.63. The number of hydrogen-bond acceptors (Lipinski definition) is 5. The van der Waals surface area contributed by atoms with Gasteiger partial charge in [-0.05, 0) is 50.5 Å². The quantitative estimate of drug-likeness (QED) is 0.849. The van der Waals surface area contributed by atoms with Gasteiger partial charge in [0.2, 0.25) is 5.89 Å². The number of nitrogens with two attached hydrogens (primary N) is 1. The van der Waals surface area contributed by atoms with Gasteiger partial charge in [-0.25, -0.2) is 0 Å². The Hall–Kier alpha value is -2.04. The summed E-state index contributed by atoms with van der Waals surface area (Å²) in [7, 11) is 0. The van der Waals surface area contributed by atoms with E-state index < -0.39 is 0 Å². The molecule has 1 aromatic carbocycles. The van der Waals surface area contributed by atoms with E-state index in [1.54, 1.807) is 0 Å². The monoisotopic (exact) mass is 274 g/mol. The number of benzene rings is 1. The summed E-state index contributed by atoms with van der Waals surface area (Å²) in [6, 6.07) is 7.77. The Kier molecular flexibility index (Phi) is 3.97. The van der Waals surface area contributed by atoms with Crippen molar-refractivity contribution in [3.63, 3.8) is 0 Å². The fraction of sp³-hybridized carbons (Fsp3) is 0.467. The van der Waals surface area contributed by atoms with Crippen LogP contribution in [0.2, 0.25) is 0 Å². The molecular formula is C15H22N4O. The Bertz CT molecular complexity index is 556. The number of nitrogen functional groups attached to an aromatic ring is 1. The first-order valence-electron chi connectivity index (χ1n) is 6.94. The fourth-order valence-corrected chi connectivity index (χ4v) is 2.13. The lowest BCUT2D eigenvalue weighted by molar-refractivity contribution is 0.332. The molecule has 0 fully saturated rings. The van der Waals surface area contributed by atoms with Crippen LogP contribution in [0.15, 0.2) is 28.8 Å². The molecule has 1 heterocycles. The van der Waals surface area contributed by atoms with E-state index in [1.807, 2.05) is 24.3 Å². The second-order valence-electron chi connectivity index (χ2n) is 5.32. The summed E-state index contributed by atoms with van der Waals surface area (Å²) in [6.45, 7) is 10.0. The molecule has 0 saturated carbocycles. The maximum atomic E-state index is 5.73. The number of anilines is 2. The Morgan fingerprint density at radius 1 is 1.15 bits per heavy atom. The molecule has 1 aromatic heterocycles. The molecule has 5 heteroatoms. The first-order valence-corrected chi connectivity index (χ1v) is 6.94. The smallest absolute Gasteiger partial charge is 0.266 e. The molecule has 2 N–H and O–H groups in total. The molecule has 2 aromatic rings. The van der Waals surface area contributed by atoms with Crippen molar-refractivity contribution in [2.75, 3.05) is 23.7 Å². The van der Waals surface area contributed by atoms with Crippen molar-refractivity contribution < 1.29 is 4.52 Å². The molecule has 0 amide bonds. The summed E-state index contributed by atoms with van der Waals surface area (Å²) in [5.74, 6) is 1.26. The molecule has 0 aliphatic carbocycles. The molecule has 0 unspecified atom stereocenters. The summed E-state index contributed by atoms with van der Waals surface area (Å²) in [5, 5.41) is 4.08. The summed E-state index contributed by atoms with van der Waals surface area (Å²) in [5.41, 5.74) is 7.24. The highest BCUT2D eigenvalue weighted by Gasteiger charge is 2.30. The second kappa shape index (κ2) is 5.53. The van der Waals surface area contributed by atoms with E-state index in [1.165, 1.54) is 0 Å². The molecule has 0 bridgehead atoms. The van der Waals surface area contributed by atoms with Crippen LogP contribution in [0, 0.1) is 0 Å². The normalized spacial score (nSPS) is 11.6. The highest BCUT2D eigenvalue weighted by Crippen LogP contribution is 2.31. The van der Waals surface area contributed by atoms with E-state index in [4.69, 9.17) is 10.3 Å². The van der Waals surface area contributed by atoms with Gasteiger partial charge in [-0.1, -0.05) is 12.1 Å². The van der Waals surface area contributed by atoms with Gasteiger partial charge < -0.3 is 15.2 Å². The van der Waals surface area contributed by atoms with Crippen molar-refractivity contribution in [3.8, 4) is 0 Å². The predicted molar refractivity (Wildman–Crippen MR) is 80.8 cm³/mol. The Balaban J connectivity index is 2.32. The summed E-state index contributed by atoms with van der Waals surface area (Å²) in [6.07, 6.45) is 0. The van der Waals surface area contributed by atoms with Crippen molar-refractivity contribution in [1.29, 1.82) is 0 Å². The maximum Gasteiger partial charge on any atom is 0.266 e. The minimum absolute atomic E-state index is 0.341. The Labute approximate surface area is 119 Å². The summed E-state index contributed by atoms with van der Waals surface area (Å²) < 4.78 is 5.46. The third-order valence-corrected chi connectivity index (χ3v) is 3.63. The number of aromatic nitrogens is 2. The van der Waals surface area contributed by atoms with Crippen LogP contribution in [0.5, 0.6) is 0 Å². The standard InChI is InChI=1S/C15H22N4O/c1-5-19(6-2)14-17-13(20-18-14)15(3,4)11-7-9-12(16)10-8-11/h7-10H,5-6,16H2,1-4H3. The minimum Gasteiger partial charge on any atom is -0.399 e. The third kappa shape index (κ3) is 2.61. The van der Waals surface area contributed by atoms with Gasteiger partial charge in [-0.2, -0.15) is 4.98 Å². The van der Waals surface area contributed by atoms with E-state index >= 15 is 0 Å². The topological polar surface area (TPSA) is 68.2 Å². The van der Waals surface area contributed by atoms with Gasteiger partial charge in [0.15, 0.2) is 0 Å². The molecule has 108 valence electrons. The second-order valence-corrected chi connectivity index (χ2v) is 5.32. The van der Waals surface area contributed by atoms with Crippen LogP contribution < -0.4 is 10.6 Å². The van der Waals surface area contributed by atoms with Gasteiger partial charge in [0.1, 0.15) is 0 Å². The largest absolute Gasteiger partial charge is 0.399 e. The average molecular weight is 274 g/mol. The molecule has 0 radical (unpaired) electrons. The van der Waals surface area contributed by atoms with Gasteiger partial charge in [0.05, 0.1) is 5.41 Å². The van der Waals surface area contributed by atoms with E-state index in [0.717, 1.165) is 24.3 Å². The van der Waals surface area contributed by atoms with E-state index in [2.05, 4.69) is 42.7 Å². The Morgan fingerprint density at radius 3 is 2.30 bits per heavy atom. The molecular weight excluding hydrogens is 252 g/mol. The van der Waals surface area contributed by atoms with Gasteiger partial charge in [0.25, 0.3) is 5.95 Å². The molecule has 0 spiro atoms. The van der Waals surface area contributed by atoms with E-state index in [0.29, 0.717) is 11.8 Å². The lowest BCUT2D eigenvalue weighted by Gasteiger charge is -2.20. The van der Waals surface area contributed by atoms with Crippen LogP contribution in [-0.4, -0.2) is 23.2 Å². The van der Waals surface area contributed by atoms with Crippen molar-refractivity contribution in [2.24, 2.45) is 0 Å². The number of nitrogens with zero attached hydrogens (tertiary/aromatic N) is 3. The van der Waals surface area contributed by atoms with E-state index in [-0.39, 0.29) is 5.41 Å². The van der Waals surface area contributed by atoms with Crippen molar-refractivity contribution in [1.82, 2.24) is 10.1 Å². The highest BCUT2D eigenvalue weighted by atomic mass is 16.5.